The molecule has 3 rings (SSSR count). The van der Waals surface area contributed by atoms with E-state index in [2.05, 4.69) is 5.48 Å². The van der Waals surface area contributed by atoms with Gasteiger partial charge in [0, 0.05) is 37.4 Å². The third-order valence-corrected chi connectivity index (χ3v) is 7.71. The molecule has 10 nitrogen and oxygen atoms in total. The lowest BCUT2D eigenvalue weighted by Gasteiger charge is -2.43. The van der Waals surface area contributed by atoms with E-state index in [0.29, 0.717) is 25.3 Å². The van der Waals surface area contributed by atoms with E-state index in [9.17, 15) is 40.7 Å². The zero-order valence-electron chi connectivity index (χ0n) is 27.3. The summed E-state index contributed by atoms with van der Waals surface area (Å²) in [7, 11) is 0. The second kappa shape index (κ2) is 18.9. The van der Waals surface area contributed by atoms with Crippen LogP contribution >= 0.6 is 0 Å². The number of nitrogens with one attached hydrogen (secondary N) is 1. The molecule has 2 aromatic rings. The summed E-state index contributed by atoms with van der Waals surface area (Å²) in [5.41, 5.74) is -0.885. The van der Waals surface area contributed by atoms with Crippen LogP contribution in [0, 0.1) is 0 Å². The number of rotatable bonds is 17. The zero-order valence-corrected chi connectivity index (χ0v) is 27.3. The summed E-state index contributed by atoms with van der Waals surface area (Å²) in [4.78, 5) is 47.3. The number of benzene rings is 2. The Kier molecular flexibility index (Phi) is 15.3. The van der Waals surface area contributed by atoms with Crippen LogP contribution in [0.2, 0.25) is 0 Å². The summed E-state index contributed by atoms with van der Waals surface area (Å²) >= 11 is 0. The Morgan fingerprint density at radius 3 is 2.06 bits per heavy atom. The minimum absolute atomic E-state index is 0.0201. The molecule has 1 saturated heterocycles. The normalized spacial score (nSPS) is 16.9. The number of likely N-dealkylation sites (tertiary alicyclic amines) is 1. The van der Waals surface area contributed by atoms with Crippen molar-refractivity contribution in [2.45, 2.75) is 57.5 Å². The fraction of sp³-hybridized carbons (Fsp3) is 0.545. The van der Waals surface area contributed by atoms with Crippen molar-refractivity contribution in [1.82, 2.24) is 15.3 Å². The molecule has 1 N–H and O–H groups in total. The van der Waals surface area contributed by atoms with Crippen LogP contribution in [-0.4, -0.2) is 98.9 Å². The van der Waals surface area contributed by atoms with Crippen LogP contribution in [0.25, 0.3) is 0 Å². The van der Waals surface area contributed by atoms with Gasteiger partial charge < -0.3 is 19.1 Å². The van der Waals surface area contributed by atoms with Gasteiger partial charge in [-0.05, 0) is 56.9 Å². The first-order valence-electron chi connectivity index (χ1n) is 15.8. The third-order valence-electron chi connectivity index (χ3n) is 7.71. The Labute approximate surface area is 280 Å². The first kappa shape index (κ1) is 39.7. The largest absolute Gasteiger partial charge is 0.462 e. The van der Waals surface area contributed by atoms with Gasteiger partial charge in [0.25, 0.3) is 11.8 Å². The van der Waals surface area contributed by atoms with Gasteiger partial charge in [0.15, 0.2) is 0 Å². The van der Waals surface area contributed by atoms with E-state index in [1.807, 2.05) is 0 Å². The highest BCUT2D eigenvalue weighted by Crippen LogP contribution is 2.37. The molecule has 2 amide bonds. The maximum atomic E-state index is 13.8. The molecule has 0 bridgehead atoms. The van der Waals surface area contributed by atoms with Gasteiger partial charge in [-0.15, -0.1) is 0 Å². The molecule has 1 fully saturated rings. The molecule has 0 spiro atoms. The number of alkyl halides is 6. The Hall–Kier alpha value is -3.73. The lowest BCUT2D eigenvalue weighted by atomic mass is 9.90. The molecule has 16 heteroatoms. The first-order valence-corrected chi connectivity index (χ1v) is 15.8. The van der Waals surface area contributed by atoms with Gasteiger partial charge in [-0.3, -0.25) is 24.1 Å². The first-order chi connectivity index (χ1) is 23.2. The summed E-state index contributed by atoms with van der Waals surface area (Å²) in [5, 5.41) is 0. The van der Waals surface area contributed by atoms with Crippen molar-refractivity contribution < 1.29 is 59.8 Å². The van der Waals surface area contributed by atoms with E-state index in [0.717, 1.165) is 5.56 Å². The number of nitrogens with zero attached hydrogens (tertiary/aromatic N) is 2. The standard InChI is InChI=1S/C33H41F6N3O7/c1-3-46-12-14-48-30(44)22-41(21-29(43)40-49-15-13-47-4-2)27-10-11-42(28(20-27)16-23-8-6-5-7-9-23)31(45)24-17-25(32(34,35)36)19-26(18-24)33(37,38)39/h5-9,17-19,27-28H,3-4,10-16,20-22H2,1-2H3,(H,40,43)/t27-,28+/m0/s1. The Balaban J connectivity index is 1.89. The minimum Gasteiger partial charge on any atom is -0.462 e. The van der Waals surface area contributed by atoms with E-state index in [-0.39, 0.29) is 71.4 Å². The van der Waals surface area contributed by atoms with Crippen LogP contribution in [0.4, 0.5) is 26.3 Å². The number of piperidine rings is 1. The Bertz CT molecular complexity index is 1330. The lowest BCUT2D eigenvalue weighted by Crippen LogP contribution is -2.55. The Morgan fingerprint density at radius 2 is 1.47 bits per heavy atom. The van der Waals surface area contributed by atoms with Crippen LogP contribution in [-0.2, 0) is 47.4 Å². The predicted molar refractivity (Wildman–Crippen MR) is 164 cm³/mol. The van der Waals surface area contributed by atoms with Gasteiger partial charge in [-0.2, -0.15) is 26.3 Å². The summed E-state index contributed by atoms with van der Waals surface area (Å²) in [6, 6.07) is 8.41. The van der Waals surface area contributed by atoms with Crippen LogP contribution < -0.4 is 5.48 Å². The second-order valence-corrected chi connectivity index (χ2v) is 11.2. The topological polar surface area (TPSA) is 107 Å². The van der Waals surface area contributed by atoms with Crippen LogP contribution in [0.15, 0.2) is 48.5 Å². The number of halogens is 6. The molecule has 0 radical (unpaired) electrons. The molecular weight excluding hydrogens is 664 g/mol. The molecule has 2 aromatic carbocycles. The predicted octanol–water partition coefficient (Wildman–Crippen LogP) is 4.91. The lowest BCUT2D eigenvalue weighted by molar-refractivity contribution is -0.149. The van der Waals surface area contributed by atoms with E-state index in [1.165, 1.54) is 4.90 Å². The monoisotopic (exact) mass is 705 g/mol. The molecule has 0 unspecified atom stereocenters. The molecule has 1 aliphatic rings. The number of hydrogen-bond acceptors (Lipinski definition) is 8. The fourth-order valence-electron chi connectivity index (χ4n) is 5.43. The average molecular weight is 706 g/mol. The number of amides is 2. The molecule has 272 valence electrons. The molecular formula is C33H41F6N3O7. The summed E-state index contributed by atoms with van der Waals surface area (Å²) in [6.07, 6.45) is -9.77. The van der Waals surface area contributed by atoms with Gasteiger partial charge >= 0.3 is 18.3 Å². The van der Waals surface area contributed by atoms with Gasteiger partial charge in [-0.25, -0.2) is 5.48 Å². The maximum Gasteiger partial charge on any atom is 0.416 e. The highest BCUT2D eigenvalue weighted by molar-refractivity contribution is 5.95. The van der Waals surface area contributed by atoms with Crippen molar-refractivity contribution in [3.63, 3.8) is 0 Å². The van der Waals surface area contributed by atoms with Gasteiger partial charge in [0.05, 0.1) is 44.0 Å². The smallest absolute Gasteiger partial charge is 0.416 e. The van der Waals surface area contributed by atoms with E-state index < -0.39 is 58.9 Å². The van der Waals surface area contributed by atoms with Crippen LogP contribution in [0.3, 0.4) is 0 Å². The molecule has 0 aliphatic carbocycles. The van der Waals surface area contributed by atoms with Gasteiger partial charge in [0.1, 0.15) is 6.61 Å². The molecule has 1 aliphatic heterocycles. The van der Waals surface area contributed by atoms with E-state index in [4.69, 9.17) is 19.0 Å². The molecule has 1 heterocycles. The number of carbonyl (C=O) groups is 3. The maximum absolute atomic E-state index is 13.8. The molecule has 0 aromatic heterocycles. The third kappa shape index (κ3) is 12.9. The minimum atomic E-state index is -5.13. The van der Waals surface area contributed by atoms with Crippen molar-refractivity contribution >= 4 is 17.8 Å². The van der Waals surface area contributed by atoms with Gasteiger partial charge in [-0.1, -0.05) is 30.3 Å². The number of esters is 1. The van der Waals surface area contributed by atoms with Crippen LogP contribution in [0.1, 0.15) is 53.7 Å². The van der Waals surface area contributed by atoms with Crippen molar-refractivity contribution in [3.8, 4) is 0 Å². The van der Waals surface area contributed by atoms with E-state index in [1.54, 1.807) is 49.1 Å². The highest BCUT2D eigenvalue weighted by Gasteiger charge is 2.40. The number of carbonyl (C=O) groups excluding carboxylic acids is 3. The second-order valence-electron chi connectivity index (χ2n) is 11.2. The molecule has 2 atom stereocenters. The van der Waals surface area contributed by atoms with Crippen molar-refractivity contribution in [3.05, 3.63) is 70.8 Å². The summed E-state index contributed by atoms with van der Waals surface area (Å²) < 4.78 is 97.3. The number of hydroxylamine groups is 1. The van der Waals surface area contributed by atoms with E-state index >= 15 is 0 Å². The van der Waals surface area contributed by atoms with Crippen molar-refractivity contribution in [2.75, 3.05) is 59.3 Å². The Morgan fingerprint density at radius 1 is 0.857 bits per heavy atom. The highest BCUT2D eigenvalue weighted by atomic mass is 19.4. The van der Waals surface area contributed by atoms with Crippen LogP contribution in [0.5, 0.6) is 0 Å². The summed E-state index contributed by atoms with van der Waals surface area (Å²) in [5.74, 6) is -2.23. The average Bonchev–Trinajstić information content (AvgIpc) is 3.05. The van der Waals surface area contributed by atoms with Crippen molar-refractivity contribution in [1.29, 1.82) is 0 Å². The molecule has 0 saturated carbocycles. The SMILES string of the molecule is CCOCCONC(=O)CN(CC(=O)OCCOCC)[C@H]1CCN(C(=O)c2cc(C(F)(F)F)cc(C(F)(F)F)c2)[C@H](Cc2ccccc2)C1. The van der Waals surface area contributed by atoms with Crippen molar-refractivity contribution in [2.24, 2.45) is 0 Å². The molecule has 49 heavy (non-hydrogen) atoms. The number of hydrogen-bond donors (Lipinski definition) is 1. The quantitative estimate of drug-likeness (QED) is 0.107. The fourth-order valence-corrected chi connectivity index (χ4v) is 5.43. The summed E-state index contributed by atoms with van der Waals surface area (Å²) in [6.45, 7) is 4.20. The number of ether oxygens (including phenoxy) is 3. The van der Waals surface area contributed by atoms with Gasteiger partial charge in [0.2, 0.25) is 0 Å². The zero-order chi connectivity index (χ0) is 36.0.